The fourth-order valence-electron chi connectivity index (χ4n) is 3.64. The molecule has 1 aromatic heterocycles. The number of guanidine groups is 1. The summed E-state index contributed by atoms with van der Waals surface area (Å²) in [5.74, 6) is 2.62. The van der Waals surface area contributed by atoms with Gasteiger partial charge in [-0.05, 0) is 36.7 Å². The van der Waals surface area contributed by atoms with Crippen molar-refractivity contribution >= 4 is 35.8 Å². The van der Waals surface area contributed by atoms with Crippen LogP contribution in [0, 0.1) is 11.3 Å². The number of halogens is 1. The van der Waals surface area contributed by atoms with Crippen LogP contribution >= 0.6 is 24.0 Å². The van der Waals surface area contributed by atoms with Crippen LogP contribution in [0.1, 0.15) is 45.1 Å². The number of nitrogens with one attached hydrogen (secondary N) is 2. The molecule has 6 heteroatoms. The normalized spacial score (nSPS) is 16.0. The van der Waals surface area contributed by atoms with E-state index >= 15 is 0 Å². The lowest BCUT2D eigenvalue weighted by atomic mass is 9.64. The predicted molar refractivity (Wildman–Crippen MR) is 118 cm³/mol. The maximum Gasteiger partial charge on any atom is 0.191 e. The van der Waals surface area contributed by atoms with Gasteiger partial charge in [0.1, 0.15) is 5.82 Å². The number of nitrogens with zero attached hydrogens (tertiary/aromatic N) is 3. The third kappa shape index (κ3) is 6.31. The SMILES string of the molecule is CN=C(NCc1cccnc1N(C)C)NCC1(CC(C)C)CCC1.I. The van der Waals surface area contributed by atoms with Crippen molar-refractivity contribution in [2.45, 2.75) is 46.1 Å². The van der Waals surface area contributed by atoms with Gasteiger partial charge in [0.25, 0.3) is 0 Å². The maximum atomic E-state index is 4.45. The first kappa shape index (κ1) is 22.0. The Hall–Kier alpha value is -1.05. The quantitative estimate of drug-likeness (QED) is 0.372. The number of hydrogen-bond donors (Lipinski definition) is 2. The van der Waals surface area contributed by atoms with Crippen LogP contribution in [0.3, 0.4) is 0 Å². The Morgan fingerprint density at radius 3 is 2.56 bits per heavy atom. The van der Waals surface area contributed by atoms with Crippen molar-refractivity contribution < 1.29 is 0 Å². The molecule has 0 aliphatic heterocycles. The fourth-order valence-corrected chi connectivity index (χ4v) is 3.64. The van der Waals surface area contributed by atoms with Gasteiger partial charge in [-0.3, -0.25) is 4.99 Å². The Labute approximate surface area is 170 Å². The molecule has 2 N–H and O–H groups in total. The van der Waals surface area contributed by atoms with E-state index in [0.717, 1.165) is 30.8 Å². The molecule has 0 unspecified atom stereocenters. The number of aliphatic imine (C=N–C) groups is 1. The van der Waals surface area contributed by atoms with Crippen LogP contribution in [0.2, 0.25) is 0 Å². The molecule has 0 atom stereocenters. The Morgan fingerprint density at radius 2 is 2.04 bits per heavy atom. The van der Waals surface area contributed by atoms with Crippen molar-refractivity contribution in [1.29, 1.82) is 0 Å². The number of hydrogen-bond acceptors (Lipinski definition) is 3. The van der Waals surface area contributed by atoms with Gasteiger partial charge in [0.2, 0.25) is 0 Å². The van der Waals surface area contributed by atoms with Gasteiger partial charge in [-0.25, -0.2) is 4.98 Å². The van der Waals surface area contributed by atoms with Gasteiger partial charge in [-0.15, -0.1) is 24.0 Å². The first-order valence-electron chi connectivity index (χ1n) is 9.01. The van der Waals surface area contributed by atoms with Crippen LogP contribution in [0.15, 0.2) is 23.3 Å². The van der Waals surface area contributed by atoms with Crippen molar-refractivity contribution in [3.05, 3.63) is 23.9 Å². The summed E-state index contributed by atoms with van der Waals surface area (Å²) in [5, 5.41) is 6.97. The van der Waals surface area contributed by atoms with E-state index in [9.17, 15) is 0 Å². The number of pyridine rings is 1. The van der Waals surface area contributed by atoms with Crippen molar-refractivity contribution in [2.75, 3.05) is 32.6 Å². The molecule has 1 fully saturated rings. The summed E-state index contributed by atoms with van der Waals surface area (Å²) in [6.07, 6.45) is 7.16. The molecular weight excluding hydrogens is 425 g/mol. The van der Waals surface area contributed by atoms with Gasteiger partial charge < -0.3 is 15.5 Å². The first-order chi connectivity index (χ1) is 11.5. The molecule has 1 saturated carbocycles. The number of anilines is 1. The lowest BCUT2D eigenvalue weighted by Crippen LogP contribution is -2.46. The minimum Gasteiger partial charge on any atom is -0.362 e. The molecule has 0 bridgehead atoms. The largest absolute Gasteiger partial charge is 0.362 e. The molecule has 0 spiro atoms. The molecule has 0 aromatic carbocycles. The smallest absolute Gasteiger partial charge is 0.191 e. The van der Waals surface area contributed by atoms with Crippen molar-refractivity contribution in [3.63, 3.8) is 0 Å². The zero-order chi connectivity index (χ0) is 17.6. The van der Waals surface area contributed by atoms with Crippen molar-refractivity contribution in [3.8, 4) is 0 Å². The third-order valence-corrected chi connectivity index (χ3v) is 4.85. The van der Waals surface area contributed by atoms with Crippen LogP contribution in [-0.4, -0.2) is 38.6 Å². The zero-order valence-corrected chi connectivity index (χ0v) is 18.6. The van der Waals surface area contributed by atoms with E-state index < -0.39 is 0 Å². The Morgan fingerprint density at radius 1 is 1.32 bits per heavy atom. The molecule has 5 nitrogen and oxygen atoms in total. The van der Waals surface area contributed by atoms with E-state index in [4.69, 9.17) is 0 Å². The molecule has 1 aromatic rings. The minimum atomic E-state index is 0. The highest BCUT2D eigenvalue weighted by Crippen LogP contribution is 2.45. The summed E-state index contributed by atoms with van der Waals surface area (Å²) < 4.78 is 0. The van der Waals surface area contributed by atoms with Crippen molar-refractivity contribution in [1.82, 2.24) is 15.6 Å². The van der Waals surface area contributed by atoms with E-state index in [1.807, 2.05) is 38.3 Å². The summed E-state index contributed by atoms with van der Waals surface area (Å²) in [4.78, 5) is 10.9. The topological polar surface area (TPSA) is 52.6 Å². The molecular formula is C19H34IN5. The average molecular weight is 459 g/mol. The van der Waals surface area contributed by atoms with Gasteiger partial charge in [-0.1, -0.05) is 26.3 Å². The molecule has 25 heavy (non-hydrogen) atoms. The van der Waals surface area contributed by atoms with Gasteiger partial charge in [-0.2, -0.15) is 0 Å². The summed E-state index contributed by atoms with van der Waals surface area (Å²) in [6, 6.07) is 4.08. The molecule has 2 rings (SSSR count). The highest BCUT2D eigenvalue weighted by molar-refractivity contribution is 14.0. The molecule has 1 aliphatic carbocycles. The van der Waals surface area contributed by atoms with Crippen LogP contribution in [0.4, 0.5) is 5.82 Å². The zero-order valence-electron chi connectivity index (χ0n) is 16.3. The number of rotatable bonds is 7. The van der Waals surface area contributed by atoms with E-state index in [0.29, 0.717) is 5.41 Å². The first-order valence-corrected chi connectivity index (χ1v) is 9.01. The highest BCUT2D eigenvalue weighted by atomic mass is 127. The maximum absolute atomic E-state index is 4.45. The van der Waals surface area contributed by atoms with Gasteiger partial charge in [0.15, 0.2) is 5.96 Å². The monoisotopic (exact) mass is 459 g/mol. The number of aromatic nitrogens is 1. The fraction of sp³-hybridized carbons (Fsp3) is 0.684. The average Bonchev–Trinajstić information content (AvgIpc) is 2.52. The third-order valence-electron chi connectivity index (χ3n) is 4.85. The second-order valence-corrected chi connectivity index (χ2v) is 7.61. The lowest BCUT2D eigenvalue weighted by molar-refractivity contribution is 0.104. The summed E-state index contributed by atoms with van der Waals surface area (Å²) >= 11 is 0. The van der Waals surface area contributed by atoms with Crippen LogP contribution in [0.5, 0.6) is 0 Å². The van der Waals surface area contributed by atoms with Gasteiger partial charge in [0, 0.05) is 46.0 Å². The molecule has 1 aliphatic rings. The second kappa shape index (κ2) is 10.2. The highest BCUT2D eigenvalue weighted by Gasteiger charge is 2.37. The van der Waals surface area contributed by atoms with E-state index in [1.54, 1.807) is 0 Å². The molecule has 0 amide bonds. The van der Waals surface area contributed by atoms with E-state index in [2.05, 4.69) is 40.5 Å². The standard InChI is InChI=1S/C19H33N5.HI/c1-15(2)12-19(9-7-10-19)14-23-18(20-3)22-13-16-8-6-11-21-17(16)24(4)5;/h6,8,11,15H,7,9-10,12-14H2,1-5H3,(H2,20,22,23);1H. The van der Waals surface area contributed by atoms with Gasteiger partial charge in [0.05, 0.1) is 0 Å². The van der Waals surface area contributed by atoms with Crippen LogP contribution in [-0.2, 0) is 6.54 Å². The van der Waals surface area contributed by atoms with E-state index in [1.165, 1.54) is 31.2 Å². The molecule has 1 heterocycles. The predicted octanol–water partition coefficient (Wildman–Crippen LogP) is 3.65. The Balaban J connectivity index is 0.00000312. The van der Waals surface area contributed by atoms with E-state index in [-0.39, 0.29) is 24.0 Å². The lowest BCUT2D eigenvalue weighted by Gasteiger charge is -2.43. The van der Waals surface area contributed by atoms with Gasteiger partial charge >= 0.3 is 0 Å². The van der Waals surface area contributed by atoms with Crippen molar-refractivity contribution in [2.24, 2.45) is 16.3 Å². The van der Waals surface area contributed by atoms with Crippen LogP contribution in [0.25, 0.3) is 0 Å². The molecule has 0 radical (unpaired) electrons. The minimum absolute atomic E-state index is 0. The second-order valence-electron chi connectivity index (χ2n) is 7.61. The Bertz CT molecular complexity index is 553. The van der Waals surface area contributed by atoms with Crippen LogP contribution < -0.4 is 15.5 Å². The summed E-state index contributed by atoms with van der Waals surface area (Å²) in [6.45, 7) is 6.37. The summed E-state index contributed by atoms with van der Waals surface area (Å²) in [7, 11) is 5.87. The molecule has 142 valence electrons. The summed E-state index contributed by atoms with van der Waals surface area (Å²) in [5.41, 5.74) is 1.64. The molecule has 0 saturated heterocycles. The Kier molecular flexibility index (Phi) is 8.96.